The molecule has 1 aromatic carbocycles. The Morgan fingerprint density at radius 2 is 1.92 bits per heavy atom. The van der Waals surface area contributed by atoms with Crippen LogP contribution < -0.4 is 11.5 Å². The van der Waals surface area contributed by atoms with E-state index in [1.165, 1.54) is 24.0 Å². The van der Waals surface area contributed by atoms with E-state index >= 15 is 0 Å². The van der Waals surface area contributed by atoms with Crippen molar-refractivity contribution in [3.63, 3.8) is 0 Å². The largest absolute Gasteiger partial charge is 0.399 e. The summed E-state index contributed by atoms with van der Waals surface area (Å²) in [5, 5.41) is 0. The standard InChI is InChI=1S/C11H18N2/c1-3-4-5-9-6-10(12)7-11(13)8(9)2/h6-7H,3-5,12-13H2,1-2H3. The minimum atomic E-state index is 0.772. The van der Waals surface area contributed by atoms with E-state index < -0.39 is 0 Å². The zero-order valence-corrected chi connectivity index (χ0v) is 8.43. The van der Waals surface area contributed by atoms with Gasteiger partial charge in [-0.2, -0.15) is 0 Å². The van der Waals surface area contributed by atoms with E-state index in [0.717, 1.165) is 17.8 Å². The second-order valence-corrected chi connectivity index (χ2v) is 3.50. The van der Waals surface area contributed by atoms with Crippen LogP contribution in [0.25, 0.3) is 0 Å². The molecule has 0 unspecified atom stereocenters. The van der Waals surface area contributed by atoms with Crippen molar-refractivity contribution in [1.29, 1.82) is 0 Å². The molecule has 0 aliphatic heterocycles. The summed E-state index contributed by atoms with van der Waals surface area (Å²) < 4.78 is 0. The summed E-state index contributed by atoms with van der Waals surface area (Å²) in [4.78, 5) is 0. The molecule has 1 aromatic rings. The molecule has 2 nitrogen and oxygen atoms in total. The van der Waals surface area contributed by atoms with Gasteiger partial charge in [-0.25, -0.2) is 0 Å². The first kappa shape index (κ1) is 9.90. The molecule has 4 N–H and O–H groups in total. The number of anilines is 2. The van der Waals surface area contributed by atoms with Crippen LogP contribution in [0.3, 0.4) is 0 Å². The van der Waals surface area contributed by atoms with Gasteiger partial charge in [-0.1, -0.05) is 13.3 Å². The summed E-state index contributed by atoms with van der Waals surface area (Å²) in [6.07, 6.45) is 3.48. The zero-order chi connectivity index (χ0) is 9.84. The number of unbranched alkanes of at least 4 members (excludes halogenated alkanes) is 1. The van der Waals surface area contributed by atoms with E-state index in [4.69, 9.17) is 11.5 Å². The van der Waals surface area contributed by atoms with Crippen LogP contribution in [-0.2, 0) is 6.42 Å². The van der Waals surface area contributed by atoms with Gasteiger partial charge in [0.1, 0.15) is 0 Å². The molecule has 0 heterocycles. The monoisotopic (exact) mass is 178 g/mol. The lowest BCUT2D eigenvalue weighted by Gasteiger charge is -2.09. The van der Waals surface area contributed by atoms with Gasteiger partial charge in [0, 0.05) is 11.4 Å². The van der Waals surface area contributed by atoms with Crippen molar-refractivity contribution in [2.75, 3.05) is 11.5 Å². The van der Waals surface area contributed by atoms with E-state index in [0.29, 0.717) is 0 Å². The van der Waals surface area contributed by atoms with Crippen molar-refractivity contribution in [2.24, 2.45) is 0 Å². The second kappa shape index (κ2) is 4.17. The van der Waals surface area contributed by atoms with Crippen LogP contribution in [0.15, 0.2) is 12.1 Å². The fourth-order valence-electron chi connectivity index (χ4n) is 1.45. The Labute approximate surface area is 79.9 Å². The molecule has 2 heteroatoms. The molecule has 1 rings (SSSR count). The van der Waals surface area contributed by atoms with Crippen LogP contribution in [0.1, 0.15) is 30.9 Å². The first-order chi connectivity index (χ1) is 6.15. The molecule has 0 aromatic heterocycles. The molecule has 0 aliphatic rings. The highest BCUT2D eigenvalue weighted by Crippen LogP contribution is 2.21. The molecule has 13 heavy (non-hydrogen) atoms. The van der Waals surface area contributed by atoms with Crippen LogP contribution in [0.2, 0.25) is 0 Å². The Balaban J connectivity index is 2.92. The lowest BCUT2D eigenvalue weighted by Crippen LogP contribution is -1.98. The van der Waals surface area contributed by atoms with Gasteiger partial charge in [-0.15, -0.1) is 0 Å². The summed E-state index contributed by atoms with van der Waals surface area (Å²) in [6.45, 7) is 4.24. The van der Waals surface area contributed by atoms with Crippen molar-refractivity contribution in [3.05, 3.63) is 23.3 Å². The molecule has 0 aliphatic carbocycles. The predicted molar refractivity (Wildman–Crippen MR) is 58.6 cm³/mol. The van der Waals surface area contributed by atoms with Gasteiger partial charge in [0.15, 0.2) is 0 Å². The molecule has 0 amide bonds. The Kier molecular flexibility index (Phi) is 3.18. The first-order valence-electron chi connectivity index (χ1n) is 4.79. The van der Waals surface area contributed by atoms with Crippen molar-refractivity contribution in [2.45, 2.75) is 33.1 Å². The van der Waals surface area contributed by atoms with Crippen LogP contribution in [-0.4, -0.2) is 0 Å². The smallest absolute Gasteiger partial charge is 0.0367 e. The van der Waals surface area contributed by atoms with Crippen molar-refractivity contribution < 1.29 is 0 Å². The van der Waals surface area contributed by atoms with E-state index in [9.17, 15) is 0 Å². The highest BCUT2D eigenvalue weighted by atomic mass is 14.6. The number of hydrogen-bond donors (Lipinski definition) is 2. The molecular formula is C11H18N2. The number of benzene rings is 1. The summed E-state index contributed by atoms with van der Waals surface area (Å²) in [5.41, 5.74) is 15.6. The lowest BCUT2D eigenvalue weighted by molar-refractivity contribution is 0.792. The van der Waals surface area contributed by atoms with Gasteiger partial charge >= 0.3 is 0 Å². The maximum Gasteiger partial charge on any atom is 0.0367 e. The SMILES string of the molecule is CCCCc1cc(N)cc(N)c1C. The highest BCUT2D eigenvalue weighted by Gasteiger charge is 2.02. The summed E-state index contributed by atoms with van der Waals surface area (Å²) in [6, 6.07) is 3.85. The predicted octanol–water partition coefficient (Wildman–Crippen LogP) is 2.50. The fourth-order valence-corrected chi connectivity index (χ4v) is 1.45. The number of nitrogens with two attached hydrogens (primary N) is 2. The van der Waals surface area contributed by atoms with Gasteiger partial charge in [-0.05, 0) is 43.0 Å². The number of rotatable bonds is 3. The normalized spacial score (nSPS) is 10.3. The summed E-state index contributed by atoms with van der Waals surface area (Å²) >= 11 is 0. The lowest BCUT2D eigenvalue weighted by atomic mass is 10.0. The van der Waals surface area contributed by atoms with Crippen LogP contribution in [0, 0.1) is 6.92 Å². The van der Waals surface area contributed by atoms with Crippen molar-refractivity contribution in [1.82, 2.24) is 0 Å². The number of hydrogen-bond acceptors (Lipinski definition) is 2. The Hall–Kier alpha value is -1.18. The molecule has 0 saturated heterocycles. The second-order valence-electron chi connectivity index (χ2n) is 3.50. The van der Waals surface area contributed by atoms with E-state index in [1.807, 2.05) is 12.1 Å². The average Bonchev–Trinajstić information content (AvgIpc) is 2.09. The molecule has 0 fully saturated rings. The molecule has 0 bridgehead atoms. The topological polar surface area (TPSA) is 52.0 Å². The fraction of sp³-hybridized carbons (Fsp3) is 0.455. The summed E-state index contributed by atoms with van der Waals surface area (Å²) in [7, 11) is 0. The maximum absolute atomic E-state index is 5.81. The quantitative estimate of drug-likeness (QED) is 0.699. The number of aryl methyl sites for hydroxylation is 1. The molecule has 0 radical (unpaired) electrons. The Morgan fingerprint density at radius 3 is 2.54 bits per heavy atom. The highest BCUT2D eigenvalue weighted by molar-refractivity contribution is 5.59. The van der Waals surface area contributed by atoms with Gasteiger partial charge in [0.05, 0.1) is 0 Å². The third kappa shape index (κ3) is 2.38. The minimum absolute atomic E-state index is 0.772. The third-order valence-electron chi connectivity index (χ3n) is 2.38. The minimum Gasteiger partial charge on any atom is -0.399 e. The summed E-state index contributed by atoms with van der Waals surface area (Å²) in [5.74, 6) is 0. The molecular weight excluding hydrogens is 160 g/mol. The maximum atomic E-state index is 5.81. The molecule has 72 valence electrons. The number of nitrogen functional groups attached to an aromatic ring is 2. The first-order valence-corrected chi connectivity index (χ1v) is 4.79. The Morgan fingerprint density at radius 1 is 1.23 bits per heavy atom. The van der Waals surface area contributed by atoms with Crippen LogP contribution in [0.4, 0.5) is 11.4 Å². The van der Waals surface area contributed by atoms with E-state index in [-0.39, 0.29) is 0 Å². The van der Waals surface area contributed by atoms with Crippen molar-refractivity contribution in [3.8, 4) is 0 Å². The van der Waals surface area contributed by atoms with E-state index in [1.54, 1.807) is 0 Å². The van der Waals surface area contributed by atoms with Crippen molar-refractivity contribution >= 4 is 11.4 Å². The van der Waals surface area contributed by atoms with Gasteiger partial charge < -0.3 is 11.5 Å². The van der Waals surface area contributed by atoms with Crippen LogP contribution in [0.5, 0.6) is 0 Å². The van der Waals surface area contributed by atoms with E-state index in [2.05, 4.69) is 13.8 Å². The van der Waals surface area contributed by atoms with Crippen LogP contribution >= 0.6 is 0 Å². The molecule has 0 saturated carbocycles. The average molecular weight is 178 g/mol. The zero-order valence-electron chi connectivity index (χ0n) is 8.43. The molecule has 0 atom stereocenters. The van der Waals surface area contributed by atoms with Gasteiger partial charge in [0.2, 0.25) is 0 Å². The van der Waals surface area contributed by atoms with Gasteiger partial charge in [-0.3, -0.25) is 0 Å². The third-order valence-corrected chi connectivity index (χ3v) is 2.38. The van der Waals surface area contributed by atoms with Gasteiger partial charge in [0.25, 0.3) is 0 Å². The Bertz CT molecular complexity index is 292. The molecule has 0 spiro atoms.